The minimum Gasteiger partial charge on any atom is -0.465 e. The predicted molar refractivity (Wildman–Crippen MR) is 90.2 cm³/mol. The number of rotatable bonds is 10. The van der Waals surface area contributed by atoms with Crippen molar-refractivity contribution in [3.63, 3.8) is 0 Å². The SMILES string of the molecule is CCCCC1CCC(C(=O)OCC(CC)(CO)CO)C(O)C1CO. The third-order valence-corrected chi connectivity index (χ3v) is 5.69. The summed E-state index contributed by atoms with van der Waals surface area (Å²) in [5.74, 6) is -1.21. The summed E-state index contributed by atoms with van der Waals surface area (Å²) in [6.45, 7) is 3.19. The van der Waals surface area contributed by atoms with Crippen LogP contribution in [0.25, 0.3) is 0 Å². The van der Waals surface area contributed by atoms with E-state index in [1.807, 2.05) is 6.92 Å². The molecule has 1 fully saturated rings. The van der Waals surface area contributed by atoms with Crippen LogP contribution in [0.4, 0.5) is 0 Å². The first kappa shape index (κ1) is 21.4. The highest BCUT2D eigenvalue weighted by atomic mass is 16.5. The largest absolute Gasteiger partial charge is 0.465 e. The first-order valence-electron chi connectivity index (χ1n) is 9.15. The Balaban J connectivity index is 2.65. The normalized spacial score (nSPS) is 27.9. The lowest BCUT2D eigenvalue weighted by atomic mass is 9.70. The molecule has 4 unspecified atom stereocenters. The number of ether oxygens (including phenoxy) is 1. The Labute approximate surface area is 144 Å². The quantitative estimate of drug-likeness (QED) is 0.441. The molecule has 0 radical (unpaired) electrons. The van der Waals surface area contributed by atoms with Crippen LogP contribution in [-0.4, -0.2) is 58.9 Å². The number of hydrogen-bond acceptors (Lipinski definition) is 6. The summed E-state index contributed by atoms with van der Waals surface area (Å²) < 4.78 is 5.30. The van der Waals surface area contributed by atoms with E-state index in [1.165, 1.54) is 0 Å². The highest BCUT2D eigenvalue weighted by Gasteiger charge is 2.42. The Hall–Kier alpha value is -0.690. The average Bonchev–Trinajstić information content (AvgIpc) is 2.61. The van der Waals surface area contributed by atoms with E-state index in [1.54, 1.807) is 0 Å². The van der Waals surface area contributed by atoms with Gasteiger partial charge in [0.2, 0.25) is 0 Å². The molecule has 1 rings (SSSR count). The molecule has 6 heteroatoms. The topological polar surface area (TPSA) is 107 Å². The molecule has 4 N–H and O–H groups in total. The summed E-state index contributed by atoms with van der Waals surface area (Å²) in [4.78, 5) is 12.4. The van der Waals surface area contributed by atoms with Gasteiger partial charge in [-0.25, -0.2) is 0 Å². The van der Waals surface area contributed by atoms with E-state index in [0.717, 1.165) is 25.7 Å². The van der Waals surface area contributed by atoms with Gasteiger partial charge in [-0.1, -0.05) is 33.1 Å². The zero-order chi connectivity index (χ0) is 18.2. The van der Waals surface area contributed by atoms with Crippen LogP contribution >= 0.6 is 0 Å². The zero-order valence-corrected chi connectivity index (χ0v) is 15.0. The molecule has 4 atom stereocenters. The summed E-state index contributed by atoms with van der Waals surface area (Å²) in [6.07, 6.45) is 3.99. The van der Waals surface area contributed by atoms with Gasteiger partial charge >= 0.3 is 5.97 Å². The lowest BCUT2D eigenvalue weighted by Gasteiger charge is -2.39. The number of aliphatic hydroxyl groups is 4. The number of esters is 1. The van der Waals surface area contributed by atoms with Gasteiger partial charge in [-0.05, 0) is 25.2 Å². The fraction of sp³-hybridized carbons (Fsp3) is 0.944. The molecule has 0 aromatic heterocycles. The molecule has 0 aromatic rings. The molecule has 0 aliphatic heterocycles. The molecule has 0 saturated heterocycles. The van der Waals surface area contributed by atoms with Gasteiger partial charge in [0.05, 0.1) is 30.7 Å². The third kappa shape index (κ3) is 5.15. The maximum atomic E-state index is 12.4. The molecular formula is C18H34O6. The molecule has 0 spiro atoms. The second kappa shape index (κ2) is 10.3. The summed E-state index contributed by atoms with van der Waals surface area (Å²) in [7, 11) is 0. The van der Waals surface area contributed by atoms with E-state index in [2.05, 4.69) is 6.92 Å². The van der Waals surface area contributed by atoms with Crippen molar-refractivity contribution in [3.05, 3.63) is 0 Å². The second-order valence-electron chi connectivity index (χ2n) is 7.20. The van der Waals surface area contributed by atoms with Crippen molar-refractivity contribution in [2.24, 2.45) is 23.2 Å². The van der Waals surface area contributed by atoms with E-state index in [9.17, 15) is 25.2 Å². The van der Waals surface area contributed by atoms with Crippen LogP contribution in [-0.2, 0) is 9.53 Å². The monoisotopic (exact) mass is 346 g/mol. The Bertz CT molecular complexity index is 360. The first-order chi connectivity index (χ1) is 11.5. The second-order valence-corrected chi connectivity index (χ2v) is 7.20. The van der Waals surface area contributed by atoms with Crippen molar-refractivity contribution < 1.29 is 30.0 Å². The summed E-state index contributed by atoms with van der Waals surface area (Å²) >= 11 is 0. The molecule has 1 aliphatic carbocycles. The number of hydrogen-bond donors (Lipinski definition) is 4. The van der Waals surface area contributed by atoms with Gasteiger partial charge in [-0.3, -0.25) is 4.79 Å². The van der Waals surface area contributed by atoms with Gasteiger partial charge < -0.3 is 25.2 Å². The average molecular weight is 346 g/mol. The molecule has 0 heterocycles. The van der Waals surface area contributed by atoms with Crippen LogP contribution < -0.4 is 0 Å². The molecule has 0 bridgehead atoms. The van der Waals surface area contributed by atoms with E-state index < -0.39 is 23.4 Å². The van der Waals surface area contributed by atoms with Crippen LogP contribution in [0.2, 0.25) is 0 Å². The number of aliphatic hydroxyl groups excluding tert-OH is 4. The standard InChI is InChI=1S/C18H34O6/c1-3-5-6-13-7-8-14(16(22)15(13)9-19)17(23)24-12-18(4-2,10-20)11-21/h13-16,19-22H,3-12H2,1-2H3. The van der Waals surface area contributed by atoms with Crippen molar-refractivity contribution >= 4 is 5.97 Å². The molecule has 6 nitrogen and oxygen atoms in total. The fourth-order valence-corrected chi connectivity index (χ4v) is 3.49. The Kier molecular flexibility index (Phi) is 9.19. The first-order valence-corrected chi connectivity index (χ1v) is 9.15. The molecule has 142 valence electrons. The maximum absolute atomic E-state index is 12.4. The minimum absolute atomic E-state index is 0.0678. The smallest absolute Gasteiger partial charge is 0.311 e. The van der Waals surface area contributed by atoms with Crippen LogP contribution in [0.5, 0.6) is 0 Å². The number of carbonyl (C=O) groups is 1. The third-order valence-electron chi connectivity index (χ3n) is 5.69. The van der Waals surface area contributed by atoms with Crippen LogP contribution in [0.3, 0.4) is 0 Å². The lowest BCUT2D eigenvalue weighted by molar-refractivity contribution is -0.164. The highest BCUT2D eigenvalue weighted by Crippen LogP contribution is 2.37. The van der Waals surface area contributed by atoms with Gasteiger partial charge in [-0.2, -0.15) is 0 Å². The Morgan fingerprint density at radius 1 is 1.17 bits per heavy atom. The maximum Gasteiger partial charge on any atom is 0.311 e. The molecule has 1 aliphatic rings. The van der Waals surface area contributed by atoms with Gasteiger partial charge in [0, 0.05) is 12.5 Å². The van der Waals surface area contributed by atoms with Crippen molar-refractivity contribution in [1.29, 1.82) is 0 Å². The van der Waals surface area contributed by atoms with Gasteiger partial charge in [-0.15, -0.1) is 0 Å². The summed E-state index contributed by atoms with van der Waals surface area (Å²) in [5, 5.41) is 39.0. The van der Waals surface area contributed by atoms with E-state index in [4.69, 9.17) is 4.74 Å². The van der Waals surface area contributed by atoms with Crippen molar-refractivity contribution in [2.45, 2.75) is 58.5 Å². The van der Waals surface area contributed by atoms with Gasteiger partial charge in [0.25, 0.3) is 0 Å². The van der Waals surface area contributed by atoms with Crippen molar-refractivity contribution in [3.8, 4) is 0 Å². The predicted octanol–water partition coefficient (Wildman–Crippen LogP) is 1.10. The van der Waals surface area contributed by atoms with Crippen LogP contribution in [0.15, 0.2) is 0 Å². The van der Waals surface area contributed by atoms with Crippen LogP contribution in [0.1, 0.15) is 52.4 Å². The Morgan fingerprint density at radius 2 is 1.83 bits per heavy atom. The number of unbranched alkanes of at least 4 members (excludes halogenated alkanes) is 1. The van der Waals surface area contributed by atoms with Gasteiger partial charge in [0.1, 0.15) is 6.61 Å². The van der Waals surface area contributed by atoms with Crippen LogP contribution in [0, 0.1) is 23.2 Å². The zero-order valence-electron chi connectivity index (χ0n) is 15.0. The highest BCUT2D eigenvalue weighted by molar-refractivity contribution is 5.73. The molecular weight excluding hydrogens is 312 g/mol. The lowest BCUT2D eigenvalue weighted by Crippen LogP contribution is -2.46. The Morgan fingerprint density at radius 3 is 2.33 bits per heavy atom. The van der Waals surface area contributed by atoms with E-state index in [-0.39, 0.29) is 38.3 Å². The van der Waals surface area contributed by atoms with Gasteiger partial charge in [0.15, 0.2) is 0 Å². The summed E-state index contributed by atoms with van der Waals surface area (Å²) in [5.41, 5.74) is -0.838. The summed E-state index contributed by atoms with van der Waals surface area (Å²) in [6, 6.07) is 0. The van der Waals surface area contributed by atoms with E-state index in [0.29, 0.717) is 12.8 Å². The molecule has 0 aromatic carbocycles. The van der Waals surface area contributed by atoms with Crippen molar-refractivity contribution in [1.82, 2.24) is 0 Å². The van der Waals surface area contributed by atoms with Crippen molar-refractivity contribution in [2.75, 3.05) is 26.4 Å². The molecule has 0 amide bonds. The minimum atomic E-state index is -0.905. The number of carbonyl (C=O) groups excluding carboxylic acids is 1. The fourth-order valence-electron chi connectivity index (χ4n) is 3.49. The molecule has 1 saturated carbocycles. The van der Waals surface area contributed by atoms with E-state index >= 15 is 0 Å². The molecule has 24 heavy (non-hydrogen) atoms.